The number of aliphatic hydroxyl groups is 1. The van der Waals surface area contributed by atoms with E-state index in [-0.39, 0.29) is 29.9 Å². The van der Waals surface area contributed by atoms with Crippen LogP contribution in [0.3, 0.4) is 0 Å². The van der Waals surface area contributed by atoms with Gasteiger partial charge in [0.25, 0.3) is 0 Å². The molecule has 10 heteroatoms. The van der Waals surface area contributed by atoms with Gasteiger partial charge < -0.3 is 19.5 Å². The standard InChI is InChI=1S/C28H25Cl2N3O5/c1-15(2)26-19(25(33-38-26)24-20(29)7-4-8-21(24)30)14-37-23-13-31-22(12-32-23)28(36)10-18(11-28)16-5-3-6-17(9-16)27(34)35/h3-9,12-13,15,18,36H,10-11,14H2,1-2H3,(H,34,35). The predicted molar refractivity (Wildman–Crippen MR) is 142 cm³/mol. The van der Waals surface area contributed by atoms with Crippen molar-refractivity contribution in [1.29, 1.82) is 0 Å². The molecule has 2 heterocycles. The van der Waals surface area contributed by atoms with Crippen LogP contribution in [0.1, 0.15) is 71.5 Å². The molecule has 1 saturated carbocycles. The zero-order chi connectivity index (χ0) is 27.0. The molecule has 1 fully saturated rings. The molecular weight excluding hydrogens is 529 g/mol. The van der Waals surface area contributed by atoms with E-state index in [0.29, 0.717) is 51.2 Å². The average Bonchev–Trinajstić information content (AvgIpc) is 3.29. The van der Waals surface area contributed by atoms with E-state index in [9.17, 15) is 15.0 Å². The molecule has 0 radical (unpaired) electrons. The van der Waals surface area contributed by atoms with E-state index in [0.717, 1.165) is 5.56 Å². The highest BCUT2D eigenvalue weighted by Crippen LogP contribution is 2.50. The number of halogens is 2. The third kappa shape index (κ3) is 4.99. The van der Waals surface area contributed by atoms with Crippen LogP contribution in [-0.4, -0.2) is 31.3 Å². The maximum atomic E-state index is 11.3. The number of ether oxygens (including phenoxy) is 1. The zero-order valence-electron chi connectivity index (χ0n) is 20.7. The summed E-state index contributed by atoms with van der Waals surface area (Å²) in [6, 6.07) is 12.0. The van der Waals surface area contributed by atoms with Gasteiger partial charge in [-0.25, -0.2) is 9.78 Å². The Morgan fingerprint density at radius 1 is 1.13 bits per heavy atom. The Bertz CT molecular complexity index is 1460. The van der Waals surface area contributed by atoms with Crippen molar-refractivity contribution in [1.82, 2.24) is 15.1 Å². The van der Waals surface area contributed by atoms with Crippen molar-refractivity contribution in [2.24, 2.45) is 0 Å². The summed E-state index contributed by atoms with van der Waals surface area (Å²) in [5.41, 5.74) is 2.21. The monoisotopic (exact) mass is 553 g/mol. The zero-order valence-corrected chi connectivity index (χ0v) is 22.2. The molecule has 0 atom stereocenters. The molecule has 0 bridgehead atoms. The summed E-state index contributed by atoms with van der Waals surface area (Å²) >= 11 is 12.8. The summed E-state index contributed by atoms with van der Waals surface area (Å²) < 4.78 is 11.5. The summed E-state index contributed by atoms with van der Waals surface area (Å²) in [5, 5.41) is 25.4. The highest BCUT2D eigenvalue weighted by molar-refractivity contribution is 6.39. The average molecular weight is 554 g/mol. The molecule has 0 amide bonds. The Balaban J connectivity index is 1.30. The smallest absolute Gasteiger partial charge is 0.335 e. The van der Waals surface area contributed by atoms with Gasteiger partial charge in [0, 0.05) is 11.5 Å². The van der Waals surface area contributed by atoms with Crippen LogP contribution in [0.15, 0.2) is 59.4 Å². The quantitative estimate of drug-likeness (QED) is 0.250. The number of nitrogens with zero attached hydrogens (tertiary/aromatic N) is 3. The molecule has 8 nitrogen and oxygen atoms in total. The Hall–Kier alpha value is -3.46. The van der Waals surface area contributed by atoms with Crippen molar-refractivity contribution in [3.05, 3.63) is 93.0 Å². The molecule has 0 spiro atoms. The van der Waals surface area contributed by atoms with Gasteiger partial charge in [-0.05, 0) is 48.6 Å². The summed E-state index contributed by atoms with van der Waals surface area (Å²) in [5.74, 6) is 0.0326. The first-order valence-electron chi connectivity index (χ1n) is 12.1. The molecule has 2 aromatic heterocycles. The largest absolute Gasteiger partial charge is 0.478 e. The molecule has 0 saturated heterocycles. The number of carboxylic acid groups (broad SMARTS) is 1. The van der Waals surface area contributed by atoms with E-state index in [1.54, 1.807) is 36.4 Å². The van der Waals surface area contributed by atoms with Crippen molar-refractivity contribution in [2.75, 3.05) is 0 Å². The molecule has 1 aliphatic carbocycles. The van der Waals surface area contributed by atoms with Crippen LogP contribution < -0.4 is 4.74 Å². The van der Waals surface area contributed by atoms with Gasteiger partial charge in [-0.2, -0.15) is 0 Å². The van der Waals surface area contributed by atoms with E-state index in [1.807, 2.05) is 19.9 Å². The van der Waals surface area contributed by atoms with Crippen molar-refractivity contribution >= 4 is 29.2 Å². The third-order valence-corrected chi connectivity index (χ3v) is 7.41. The second kappa shape index (κ2) is 10.4. The lowest BCUT2D eigenvalue weighted by molar-refractivity contribution is -0.0590. The maximum Gasteiger partial charge on any atom is 0.335 e. The minimum absolute atomic E-state index is 0.0372. The van der Waals surface area contributed by atoms with Crippen molar-refractivity contribution < 1.29 is 24.3 Å². The summed E-state index contributed by atoms with van der Waals surface area (Å²) in [6.07, 6.45) is 3.81. The molecule has 196 valence electrons. The van der Waals surface area contributed by atoms with Crippen LogP contribution in [0.2, 0.25) is 10.0 Å². The lowest BCUT2D eigenvalue weighted by Gasteiger charge is -2.43. The number of hydrogen-bond acceptors (Lipinski definition) is 7. The van der Waals surface area contributed by atoms with Crippen molar-refractivity contribution in [3.63, 3.8) is 0 Å². The Kier molecular flexibility index (Phi) is 7.13. The normalized spacial score (nSPS) is 18.8. The van der Waals surface area contributed by atoms with Crippen LogP contribution in [-0.2, 0) is 12.2 Å². The number of carboxylic acids is 1. The molecular formula is C28H25Cl2N3O5. The van der Waals surface area contributed by atoms with Gasteiger partial charge in [-0.1, -0.05) is 60.4 Å². The van der Waals surface area contributed by atoms with Crippen LogP contribution in [0, 0.1) is 0 Å². The first kappa shape index (κ1) is 26.2. The maximum absolute atomic E-state index is 11.3. The minimum atomic E-state index is -1.14. The van der Waals surface area contributed by atoms with Gasteiger partial charge in [0.05, 0.1) is 39.3 Å². The summed E-state index contributed by atoms with van der Waals surface area (Å²) in [6.45, 7) is 4.08. The number of rotatable bonds is 8. The Morgan fingerprint density at radius 2 is 1.84 bits per heavy atom. The number of hydrogen-bond donors (Lipinski definition) is 2. The molecule has 5 rings (SSSR count). The molecule has 4 aromatic rings. The lowest BCUT2D eigenvalue weighted by Crippen LogP contribution is -2.40. The highest BCUT2D eigenvalue weighted by Gasteiger charge is 2.46. The van der Waals surface area contributed by atoms with Crippen molar-refractivity contribution in [2.45, 2.75) is 50.7 Å². The molecule has 0 aliphatic heterocycles. The third-order valence-electron chi connectivity index (χ3n) is 6.78. The number of benzene rings is 2. The minimum Gasteiger partial charge on any atom is -0.478 e. The van der Waals surface area contributed by atoms with E-state index >= 15 is 0 Å². The van der Waals surface area contributed by atoms with E-state index in [1.165, 1.54) is 12.4 Å². The predicted octanol–water partition coefficient (Wildman–Crippen LogP) is 6.60. The molecule has 1 aliphatic rings. The molecule has 38 heavy (non-hydrogen) atoms. The topological polar surface area (TPSA) is 119 Å². The number of aromatic nitrogens is 3. The summed E-state index contributed by atoms with van der Waals surface area (Å²) in [4.78, 5) is 20.0. The Labute approximate surface area is 229 Å². The summed E-state index contributed by atoms with van der Waals surface area (Å²) in [7, 11) is 0. The SMILES string of the molecule is CC(C)c1onc(-c2c(Cl)cccc2Cl)c1COc1cnc(C2(O)CC(c3cccc(C(=O)O)c3)C2)cn1. The van der Waals surface area contributed by atoms with E-state index in [4.69, 9.17) is 32.5 Å². The van der Waals surface area contributed by atoms with Gasteiger partial charge in [-0.15, -0.1) is 0 Å². The van der Waals surface area contributed by atoms with Gasteiger partial charge >= 0.3 is 5.97 Å². The van der Waals surface area contributed by atoms with Gasteiger partial charge in [0.15, 0.2) is 0 Å². The second-order valence-corrected chi connectivity index (χ2v) is 10.5. The van der Waals surface area contributed by atoms with Crippen molar-refractivity contribution in [3.8, 4) is 17.1 Å². The highest BCUT2D eigenvalue weighted by atomic mass is 35.5. The fourth-order valence-corrected chi connectivity index (χ4v) is 5.32. The van der Waals surface area contributed by atoms with Gasteiger partial charge in [0.2, 0.25) is 5.88 Å². The van der Waals surface area contributed by atoms with Crippen LogP contribution in [0.4, 0.5) is 0 Å². The van der Waals surface area contributed by atoms with E-state index in [2.05, 4.69) is 15.1 Å². The lowest BCUT2D eigenvalue weighted by atomic mass is 9.66. The molecule has 2 aromatic carbocycles. The fraction of sp³-hybridized carbons (Fsp3) is 0.286. The fourth-order valence-electron chi connectivity index (χ4n) is 4.74. The number of carbonyl (C=O) groups is 1. The van der Waals surface area contributed by atoms with Crippen LogP contribution >= 0.6 is 23.2 Å². The van der Waals surface area contributed by atoms with Crippen LogP contribution in [0.25, 0.3) is 11.3 Å². The first-order valence-corrected chi connectivity index (χ1v) is 12.9. The van der Waals surface area contributed by atoms with E-state index < -0.39 is 11.6 Å². The van der Waals surface area contributed by atoms with Crippen LogP contribution in [0.5, 0.6) is 5.88 Å². The molecule has 0 unspecified atom stereocenters. The number of aromatic carboxylic acids is 1. The second-order valence-electron chi connectivity index (χ2n) is 9.72. The van der Waals surface area contributed by atoms with Gasteiger partial charge in [0.1, 0.15) is 23.7 Å². The van der Waals surface area contributed by atoms with Gasteiger partial charge in [-0.3, -0.25) is 4.98 Å². The first-order chi connectivity index (χ1) is 18.2. The Morgan fingerprint density at radius 3 is 2.47 bits per heavy atom. The molecule has 2 N–H and O–H groups in total.